The van der Waals surface area contributed by atoms with Gasteiger partial charge >= 0.3 is 5.69 Å². The van der Waals surface area contributed by atoms with Crippen LogP contribution in [0.5, 0.6) is 0 Å². The minimum atomic E-state index is -0.744. The van der Waals surface area contributed by atoms with Gasteiger partial charge < -0.3 is 5.32 Å². The number of hydrogen-bond acceptors (Lipinski definition) is 6. The summed E-state index contributed by atoms with van der Waals surface area (Å²) in [4.78, 5) is 35.7. The summed E-state index contributed by atoms with van der Waals surface area (Å²) in [6.07, 6.45) is 1.30. The lowest BCUT2D eigenvalue weighted by Crippen LogP contribution is -2.31. The molecule has 0 spiro atoms. The number of aromatic amines is 2. The first-order chi connectivity index (χ1) is 11.0. The number of anilines is 1. The number of hydrogen-bond donors (Lipinski definition) is 4. The van der Waals surface area contributed by atoms with Crippen LogP contribution in [0.15, 0.2) is 32.9 Å². The van der Waals surface area contributed by atoms with Crippen molar-refractivity contribution < 1.29 is 4.79 Å². The van der Waals surface area contributed by atoms with Crippen molar-refractivity contribution in [2.24, 2.45) is 5.10 Å². The molecule has 1 aromatic heterocycles. The van der Waals surface area contributed by atoms with Gasteiger partial charge in [-0.1, -0.05) is 29.3 Å². The summed E-state index contributed by atoms with van der Waals surface area (Å²) in [6, 6.07) is 4.94. The highest BCUT2D eigenvalue weighted by atomic mass is 35.5. The van der Waals surface area contributed by atoms with Crippen molar-refractivity contribution in [2.45, 2.75) is 0 Å². The van der Waals surface area contributed by atoms with Crippen molar-refractivity contribution in [2.75, 3.05) is 11.9 Å². The van der Waals surface area contributed by atoms with Crippen LogP contribution in [0.2, 0.25) is 10.0 Å². The van der Waals surface area contributed by atoms with Crippen molar-refractivity contribution in [1.29, 1.82) is 0 Å². The van der Waals surface area contributed by atoms with E-state index in [1.807, 2.05) is 10.1 Å². The van der Waals surface area contributed by atoms with Gasteiger partial charge in [-0.15, -0.1) is 5.10 Å². The molecule has 120 valence electrons. The molecule has 11 heteroatoms. The Morgan fingerprint density at radius 3 is 2.65 bits per heavy atom. The lowest BCUT2D eigenvalue weighted by Gasteiger charge is -2.03. The molecule has 0 fully saturated rings. The van der Waals surface area contributed by atoms with Crippen molar-refractivity contribution in [3.05, 3.63) is 54.6 Å². The fourth-order valence-electron chi connectivity index (χ4n) is 1.47. The number of halogens is 2. The Balaban J connectivity index is 1.91. The van der Waals surface area contributed by atoms with Crippen LogP contribution in [0.1, 0.15) is 5.56 Å². The van der Waals surface area contributed by atoms with Gasteiger partial charge in [-0.3, -0.25) is 14.6 Å². The molecule has 1 aromatic carbocycles. The summed E-state index contributed by atoms with van der Waals surface area (Å²) in [5, 5.41) is 12.4. The number of carbonyl (C=O) groups is 1. The molecule has 23 heavy (non-hydrogen) atoms. The molecule has 0 radical (unpaired) electrons. The van der Waals surface area contributed by atoms with E-state index in [0.29, 0.717) is 15.6 Å². The molecular formula is C12H10Cl2N6O3. The van der Waals surface area contributed by atoms with E-state index >= 15 is 0 Å². The van der Waals surface area contributed by atoms with E-state index in [4.69, 9.17) is 23.2 Å². The van der Waals surface area contributed by atoms with Crippen molar-refractivity contribution in [3.8, 4) is 0 Å². The fourth-order valence-corrected chi connectivity index (χ4v) is 1.97. The van der Waals surface area contributed by atoms with Gasteiger partial charge in [0, 0.05) is 5.56 Å². The van der Waals surface area contributed by atoms with Gasteiger partial charge in [0.25, 0.3) is 11.5 Å². The summed E-state index contributed by atoms with van der Waals surface area (Å²) < 4.78 is 0. The van der Waals surface area contributed by atoms with E-state index in [9.17, 15) is 14.4 Å². The minimum absolute atomic E-state index is 0.196. The Morgan fingerprint density at radius 1 is 1.30 bits per heavy atom. The smallest absolute Gasteiger partial charge is 0.342 e. The van der Waals surface area contributed by atoms with Crippen LogP contribution in [0.4, 0.5) is 5.82 Å². The average Bonchev–Trinajstić information content (AvgIpc) is 2.49. The van der Waals surface area contributed by atoms with E-state index in [1.165, 1.54) is 6.21 Å². The first-order valence-corrected chi connectivity index (χ1v) is 6.92. The third-order valence-corrected chi connectivity index (χ3v) is 3.17. The maximum Gasteiger partial charge on any atom is 0.342 e. The summed E-state index contributed by atoms with van der Waals surface area (Å²) in [6.45, 7) is -0.282. The predicted octanol–water partition coefficient (Wildman–Crippen LogP) is 0.327. The Morgan fingerprint density at radius 2 is 2.00 bits per heavy atom. The highest BCUT2D eigenvalue weighted by Gasteiger charge is 2.05. The second-order valence-electron chi connectivity index (χ2n) is 4.14. The summed E-state index contributed by atoms with van der Waals surface area (Å²) >= 11 is 11.9. The molecule has 0 aliphatic heterocycles. The summed E-state index contributed by atoms with van der Waals surface area (Å²) in [5.74, 6) is -0.741. The van der Waals surface area contributed by atoms with Gasteiger partial charge in [0.05, 0.1) is 22.8 Å². The van der Waals surface area contributed by atoms with Crippen LogP contribution >= 0.6 is 23.2 Å². The second kappa shape index (κ2) is 7.56. The second-order valence-corrected chi connectivity index (χ2v) is 4.95. The normalized spacial score (nSPS) is 10.7. The molecule has 0 bridgehead atoms. The number of rotatable bonds is 5. The maximum atomic E-state index is 11.6. The monoisotopic (exact) mass is 356 g/mol. The highest BCUT2D eigenvalue weighted by molar-refractivity contribution is 6.38. The standard InChI is InChI=1S/C12H10Cl2N6O3/c13-7-2-1-3-8(14)6(7)4-16-18-9(21)5-15-10-11(22)17-12(23)20-19-10/h1-4H,5H2,(H,15,19)(H,18,21)(H2,17,20,22,23)/b16-4-. The zero-order chi connectivity index (χ0) is 16.8. The van der Waals surface area contributed by atoms with Crippen LogP contribution in [-0.4, -0.2) is 33.8 Å². The van der Waals surface area contributed by atoms with E-state index in [1.54, 1.807) is 18.2 Å². The molecule has 0 unspecified atom stereocenters. The van der Waals surface area contributed by atoms with Gasteiger partial charge in [-0.25, -0.2) is 15.3 Å². The van der Waals surface area contributed by atoms with Gasteiger partial charge in [-0.2, -0.15) is 5.10 Å². The van der Waals surface area contributed by atoms with Crippen LogP contribution in [0.25, 0.3) is 0 Å². The molecule has 1 amide bonds. The first-order valence-electron chi connectivity index (χ1n) is 6.16. The van der Waals surface area contributed by atoms with Crippen LogP contribution < -0.4 is 22.0 Å². The molecule has 0 aliphatic rings. The van der Waals surface area contributed by atoms with E-state index in [2.05, 4.69) is 20.9 Å². The van der Waals surface area contributed by atoms with Crippen molar-refractivity contribution in [1.82, 2.24) is 20.6 Å². The largest absolute Gasteiger partial charge is 0.355 e. The molecule has 1 heterocycles. The Hall–Kier alpha value is -2.65. The maximum absolute atomic E-state index is 11.6. The number of amides is 1. The van der Waals surface area contributed by atoms with Crippen LogP contribution in [0, 0.1) is 0 Å². The molecule has 4 N–H and O–H groups in total. The van der Waals surface area contributed by atoms with Gasteiger partial charge in [0.1, 0.15) is 0 Å². The van der Waals surface area contributed by atoms with Gasteiger partial charge in [0.15, 0.2) is 0 Å². The SMILES string of the molecule is O=C(CNc1n[nH]c(=O)[nH]c1=O)N/N=C\c1c(Cl)cccc1Cl. The molecular weight excluding hydrogens is 347 g/mol. The number of nitrogens with zero attached hydrogens (tertiary/aromatic N) is 2. The van der Waals surface area contributed by atoms with Crippen LogP contribution in [-0.2, 0) is 4.79 Å². The lowest BCUT2D eigenvalue weighted by molar-refractivity contribution is -0.119. The molecule has 0 atom stereocenters. The average molecular weight is 357 g/mol. The molecule has 0 saturated carbocycles. The number of hydrazone groups is 1. The zero-order valence-electron chi connectivity index (χ0n) is 11.4. The predicted molar refractivity (Wildman–Crippen MR) is 86.2 cm³/mol. The van der Waals surface area contributed by atoms with E-state index < -0.39 is 17.2 Å². The molecule has 0 saturated heterocycles. The van der Waals surface area contributed by atoms with Gasteiger partial charge in [-0.05, 0) is 12.1 Å². The number of benzene rings is 1. The first kappa shape index (κ1) is 16.7. The lowest BCUT2D eigenvalue weighted by atomic mass is 10.2. The Bertz CT molecular complexity index is 840. The third-order valence-electron chi connectivity index (χ3n) is 2.51. The topological polar surface area (TPSA) is 132 Å². The number of aromatic nitrogens is 3. The zero-order valence-corrected chi connectivity index (χ0v) is 12.9. The molecule has 2 aromatic rings. The van der Waals surface area contributed by atoms with Crippen molar-refractivity contribution in [3.63, 3.8) is 0 Å². The summed E-state index contributed by atoms with van der Waals surface area (Å²) in [5.41, 5.74) is 1.20. The Labute approximate surface area is 138 Å². The number of nitrogens with one attached hydrogen (secondary N) is 4. The highest BCUT2D eigenvalue weighted by Crippen LogP contribution is 2.21. The van der Waals surface area contributed by atoms with Crippen molar-refractivity contribution >= 4 is 41.1 Å². The fraction of sp³-hybridized carbons (Fsp3) is 0.0833. The quantitative estimate of drug-likeness (QED) is 0.452. The van der Waals surface area contributed by atoms with Crippen LogP contribution in [0.3, 0.4) is 0 Å². The molecule has 2 rings (SSSR count). The molecule has 0 aliphatic carbocycles. The molecule has 9 nitrogen and oxygen atoms in total. The number of carbonyl (C=O) groups excluding carboxylic acids is 1. The van der Waals surface area contributed by atoms with Gasteiger partial charge in [0.2, 0.25) is 5.82 Å². The Kier molecular flexibility index (Phi) is 5.50. The number of H-pyrrole nitrogens is 2. The summed E-state index contributed by atoms with van der Waals surface area (Å²) in [7, 11) is 0. The minimum Gasteiger partial charge on any atom is -0.355 e. The van der Waals surface area contributed by atoms with E-state index in [-0.39, 0.29) is 12.4 Å². The van der Waals surface area contributed by atoms with E-state index in [0.717, 1.165) is 0 Å². The third kappa shape index (κ3) is 4.66.